The third-order valence-corrected chi connectivity index (χ3v) is 2.16. The molecule has 17 heavy (non-hydrogen) atoms. The van der Waals surface area contributed by atoms with Crippen molar-refractivity contribution in [3.05, 3.63) is 28.4 Å². The van der Waals surface area contributed by atoms with Crippen LogP contribution in [0.5, 0.6) is 0 Å². The van der Waals surface area contributed by atoms with Crippen molar-refractivity contribution in [1.82, 2.24) is 4.98 Å². The van der Waals surface area contributed by atoms with Crippen LogP contribution >= 0.6 is 15.9 Å². The fourth-order valence-electron chi connectivity index (χ4n) is 1.09. The van der Waals surface area contributed by atoms with Gasteiger partial charge in [-0.1, -0.05) is 0 Å². The molecule has 1 aromatic rings. The average molecular weight is 299 g/mol. The summed E-state index contributed by atoms with van der Waals surface area (Å²) in [6.07, 6.45) is 4.52. The second-order valence-electron chi connectivity index (χ2n) is 4.49. The van der Waals surface area contributed by atoms with E-state index in [9.17, 15) is 4.79 Å². The van der Waals surface area contributed by atoms with Crippen LogP contribution in [0.25, 0.3) is 6.08 Å². The van der Waals surface area contributed by atoms with E-state index in [2.05, 4.69) is 20.9 Å². The van der Waals surface area contributed by atoms with Crippen molar-refractivity contribution in [2.45, 2.75) is 26.4 Å². The lowest BCUT2D eigenvalue weighted by atomic mass is 10.2. The van der Waals surface area contributed by atoms with Crippen molar-refractivity contribution in [3.8, 4) is 0 Å². The average Bonchev–Trinajstić information content (AvgIpc) is 2.17. The number of nitrogens with two attached hydrogens (primary N) is 1. The summed E-state index contributed by atoms with van der Waals surface area (Å²) in [5.41, 5.74) is 5.84. The second-order valence-corrected chi connectivity index (χ2v) is 5.41. The molecule has 1 heterocycles. The van der Waals surface area contributed by atoms with Crippen molar-refractivity contribution >= 4 is 33.8 Å². The van der Waals surface area contributed by atoms with E-state index in [0.717, 1.165) is 4.47 Å². The van der Waals surface area contributed by atoms with Crippen molar-refractivity contribution in [3.63, 3.8) is 0 Å². The molecule has 0 unspecified atom stereocenters. The number of esters is 1. The van der Waals surface area contributed by atoms with Gasteiger partial charge < -0.3 is 10.5 Å². The van der Waals surface area contributed by atoms with Crippen molar-refractivity contribution in [2.75, 3.05) is 5.73 Å². The number of rotatable bonds is 2. The first kappa shape index (κ1) is 13.7. The van der Waals surface area contributed by atoms with E-state index in [1.54, 1.807) is 18.3 Å². The SMILES string of the molecule is CC(C)(C)OC(=O)C=Cc1cc(Br)cnc1N. The molecule has 0 atom stereocenters. The molecule has 0 amide bonds. The normalized spacial score (nSPS) is 11.8. The summed E-state index contributed by atoms with van der Waals surface area (Å²) in [7, 11) is 0. The molecule has 0 aliphatic heterocycles. The molecule has 0 spiro atoms. The highest BCUT2D eigenvalue weighted by Crippen LogP contribution is 2.17. The largest absolute Gasteiger partial charge is 0.457 e. The highest BCUT2D eigenvalue weighted by atomic mass is 79.9. The smallest absolute Gasteiger partial charge is 0.331 e. The number of aromatic nitrogens is 1. The van der Waals surface area contributed by atoms with Gasteiger partial charge in [-0.25, -0.2) is 9.78 Å². The number of pyridine rings is 1. The molecule has 0 bridgehead atoms. The Morgan fingerprint density at radius 3 is 2.76 bits per heavy atom. The van der Waals surface area contributed by atoms with E-state index in [1.165, 1.54) is 6.08 Å². The molecule has 1 rings (SSSR count). The lowest BCUT2D eigenvalue weighted by Crippen LogP contribution is -2.22. The van der Waals surface area contributed by atoms with E-state index < -0.39 is 11.6 Å². The third-order valence-electron chi connectivity index (χ3n) is 1.72. The standard InChI is InChI=1S/C12H15BrN2O2/c1-12(2,3)17-10(16)5-4-8-6-9(13)7-15-11(8)14/h4-7H,1-3H3,(H2,14,15). The van der Waals surface area contributed by atoms with Crippen LogP contribution in [0.1, 0.15) is 26.3 Å². The van der Waals surface area contributed by atoms with Crippen molar-refractivity contribution < 1.29 is 9.53 Å². The fraction of sp³-hybridized carbons (Fsp3) is 0.333. The molecule has 2 N–H and O–H groups in total. The summed E-state index contributed by atoms with van der Waals surface area (Å²) < 4.78 is 5.93. The van der Waals surface area contributed by atoms with Gasteiger partial charge in [0.2, 0.25) is 0 Å². The number of halogens is 1. The zero-order valence-electron chi connectivity index (χ0n) is 10.0. The van der Waals surface area contributed by atoms with Crippen LogP contribution in [0, 0.1) is 0 Å². The van der Waals surface area contributed by atoms with E-state index >= 15 is 0 Å². The highest BCUT2D eigenvalue weighted by Gasteiger charge is 2.13. The maximum Gasteiger partial charge on any atom is 0.331 e. The van der Waals surface area contributed by atoms with Gasteiger partial charge in [-0.05, 0) is 48.8 Å². The summed E-state index contributed by atoms with van der Waals surface area (Å²) in [5.74, 6) is -0.0371. The summed E-state index contributed by atoms with van der Waals surface area (Å²) in [5, 5.41) is 0. The number of nitrogens with zero attached hydrogens (tertiary/aromatic N) is 1. The Labute approximate surface area is 109 Å². The molecule has 1 aromatic heterocycles. The van der Waals surface area contributed by atoms with Crippen LogP contribution in [0.4, 0.5) is 5.82 Å². The first-order valence-corrected chi connectivity index (χ1v) is 5.89. The first-order valence-electron chi connectivity index (χ1n) is 5.10. The molecule has 0 radical (unpaired) electrons. The zero-order valence-corrected chi connectivity index (χ0v) is 11.6. The summed E-state index contributed by atoms with van der Waals surface area (Å²) in [6.45, 7) is 5.44. The predicted molar refractivity (Wildman–Crippen MR) is 71.2 cm³/mol. The maximum atomic E-state index is 11.4. The van der Waals surface area contributed by atoms with Crippen LogP contribution in [-0.2, 0) is 9.53 Å². The summed E-state index contributed by atoms with van der Waals surface area (Å²) >= 11 is 3.28. The van der Waals surface area contributed by atoms with Crippen LogP contribution < -0.4 is 5.73 Å². The van der Waals surface area contributed by atoms with E-state index in [0.29, 0.717) is 11.4 Å². The number of nitrogen functional groups attached to an aromatic ring is 1. The van der Waals surface area contributed by atoms with Gasteiger partial charge in [-0.15, -0.1) is 0 Å². The number of ether oxygens (including phenoxy) is 1. The van der Waals surface area contributed by atoms with Gasteiger partial charge in [-0.2, -0.15) is 0 Å². The molecule has 4 nitrogen and oxygen atoms in total. The van der Waals surface area contributed by atoms with Gasteiger partial charge in [-0.3, -0.25) is 0 Å². The van der Waals surface area contributed by atoms with Gasteiger partial charge in [0.15, 0.2) is 0 Å². The Bertz CT molecular complexity index is 450. The third kappa shape index (κ3) is 4.99. The molecule has 0 fully saturated rings. The Hall–Kier alpha value is -1.36. The van der Waals surface area contributed by atoms with Gasteiger partial charge in [0.05, 0.1) is 0 Å². The number of anilines is 1. The number of hydrogen-bond donors (Lipinski definition) is 1. The molecule has 5 heteroatoms. The first-order chi connectivity index (χ1) is 7.78. The maximum absolute atomic E-state index is 11.4. The predicted octanol–water partition coefficient (Wildman–Crippen LogP) is 2.78. The minimum absolute atomic E-state index is 0.369. The quantitative estimate of drug-likeness (QED) is 0.673. The summed E-state index contributed by atoms with van der Waals surface area (Å²) in [4.78, 5) is 15.4. The van der Waals surface area contributed by atoms with E-state index in [4.69, 9.17) is 10.5 Å². The fourth-order valence-corrected chi connectivity index (χ4v) is 1.44. The van der Waals surface area contributed by atoms with Gasteiger partial charge in [0.25, 0.3) is 0 Å². The Kier molecular flexibility index (Phi) is 4.28. The van der Waals surface area contributed by atoms with Gasteiger partial charge in [0, 0.05) is 22.3 Å². The second kappa shape index (κ2) is 5.31. The molecular weight excluding hydrogens is 284 g/mol. The van der Waals surface area contributed by atoms with E-state index in [-0.39, 0.29) is 0 Å². The van der Waals surface area contributed by atoms with Gasteiger partial charge in [0.1, 0.15) is 11.4 Å². The molecule has 92 valence electrons. The monoisotopic (exact) mass is 298 g/mol. The van der Waals surface area contributed by atoms with Crippen molar-refractivity contribution in [2.24, 2.45) is 0 Å². The van der Waals surface area contributed by atoms with Crippen LogP contribution in [-0.4, -0.2) is 16.6 Å². The minimum Gasteiger partial charge on any atom is -0.457 e. The molecule has 0 aliphatic rings. The molecule has 0 aliphatic carbocycles. The number of hydrogen-bond acceptors (Lipinski definition) is 4. The zero-order chi connectivity index (χ0) is 13.1. The Morgan fingerprint density at radius 2 is 2.18 bits per heavy atom. The van der Waals surface area contributed by atoms with Crippen LogP contribution in [0.3, 0.4) is 0 Å². The molecular formula is C12H15BrN2O2. The molecule has 0 saturated heterocycles. The minimum atomic E-state index is -0.498. The van der Waals surface area contributed by atoms with Gasteiger partial charge >= 0.3 is 5.97 Å². The Morgan fingerprint density at radius 1 is 1.53 bits per heavy atom. The molecule has 0 aromatic carbocycles. The lowest BCUT2D eigenvalue weighted by molar-refractivity contribution is -0.148. The Balaban J connectivity index is 2.77. The number of carbonyl (C=O) groups excluding carboxylic acids is 1. The van der Waals surface area contributed by atoms with Crippen LogP contribution in [0.2, 0.25) is 0 Å². The number of carbonyl (C=O) groups is 1. The lowest BCUT2D eigenvalue weighted by Gasteiger charge is -2.17. The van der Waals surface area contributed by atoms with E-state index in [1.807, 2.05) is 20.8 Å². The highest BCUT2D eigenvalue weighted by molar-refractivity contribution is 9.10. The van der Waals surface area contributed by atoms with Crippen LogP contribution in [0.15, 0.2) is 22.8 Å². The topological polar surface area (TPSA) is 65.2 Å². The summed E-state index contributed by atoms with van der Waals surface area (Å²) in [6, 6.07) is 1.78. The molecule has 0 saturated carbocycles. The van der Waals surface area contributed by atoms with Crippen molar-refractivity contribution in [1.29, 1.82) is 0 Å².